The Morgan fingerprint density at radius 2 is 1.91 bits per heavy atom. The number of benzene rings is 2. The average Bonchev–Trinajstić information content (AvgIpc) is 3.65. The maximum Gasteiger partial charge on any atom is 0.410 e. The summed E-state index contributed by atoms with van der Waals surface area (Å²) in [5.41, 5.74) is 3.35. The fourth-order valence-corrected chi connectivity index (χ4v) is 4.68. The Balaban J connectivity index is 1.45. The molecule has 2 aromatic carbocycles. The summed E-state index contributed by atoms with van der Waals surface area (Å²) in [5, 5.41) is 20.8. The number of aliphatic hydroxyl groups is 2. The van der Waals surface area contributed by atoms with Gasteiger partial charge in [-0.05, 0) is 66.6 Å². The first-order valence-electron chi connectivity index (χ1n) is 12.1. The highest BCUT2D eigenvalue weighted by molar-refractivity contribution is 6.31. The summed E-state index contributed by atoms with van der Waals surface area (Å²) in [6, 6.07) is 13.1. The quantitative estimate of drug-likeness (QED) is 0.419. The maximum atomic E-state index is 13.1. The number of nitrogens with zero attached hydrogens (tertiary/aromatic N) is 1. The molecule has 3 aromatic rings. The molecule has 1 amide bonds. The normalized spacial score (nSPS) is 17.9. The van der Waals surface area contributed by atoms with E-state index in [1.807, 2.05) is 42.5 Å². The molecule has 2 aliphatic rings. The van der Waals surface area contributed by atoms with Gasteiger partial charge in [0, 0.05) is 33.6 Å². The zero-order valence-corrected chi connectivity index (χ0v) is 20.6. The van der Waals surface area contributed by atoms with E-state index in [0.29, 0.717) is 36.3 Å². The van der Waals surface area contributed by atoms with Crippen molar-refractivity contribution in [1.29, 1.82) is 0 Å². The van der Waals surface area contributed by atoms with Crippen molar-refractivity contribution in [3.63, 3.8) is 0 Å². The van der Waals surface area contributed by atoms with E-state index in [2.05, 4.69) is 4.98 Å². The van der Waals surface area contributed by atoms with Crippen molar-refractivity contribution in [2.75, 3.05) is 33.0 Å². The van der Waals surface area contributed by atoms with Crippen LogP contribution in [0.4, 0.5) is 4.79 Å². The molecular formula is C27H31ClN2O5. The van der Waals surface area contributed by atoms with Crippen molar-refractivity contribution in [3.05, 3.63) is 64.3 Å². The van der Waals surface area contributed by atoms with Crippen molar-refractivity contribution in [2.24, 2.45) is 11.3 Å². The fourth-order valence-electron chi connectivity index (χ4n) is 4.51. The third kappa shape index (κ3) is 4.99. The number of hydrogen-bond donors (Lipinski definition) is 3. The molecule has 0 saturated heterocycles. The summed E-state index contributed by atoms with van der Waals surface area (Å²) < 4.78 is 11.5. The van der Waals surface area contributed by atoms with E-state index >= 15 is 0 Å². The second kappa shape index (κ2) is 9.72. The van der Waals surface area contributed by atoms with Crippen LogP contribution in [-0.4, -0.2) is 59.2 Å². The van der Waals surface area contributed by atoms with Gasteiger partial charge in [-0.1, -0.05) is 30.7 Å². The number of aliphatic hydroxyl groups excluding tert-OH is 2. The number of hydrogen-bond acceptors (Lipinski definition) is 5. The lowest BCUT2D eigenvalue weighted by Gasteiger charge is -2.35. The first-order chi connectivity index (χ1) is 16.9. The molecule has 1 aliphatic heterocycles. The van der Waals surface area contributed by atoms with E-state index in [9.17, 15) is 15.0 Å². The highest BCUT2D eigenvalue weighted by atomic mass is 35.5. The lowest BCUT2D eigenvalue weighted by molar-refractivity contribution is 0.0287. The molecule has 8 heteroatoms. The number of aromatic amines is 1. The van der Waals surface area contributed by atoms with Crippen LogP contribution in [0.25, 0.3) is 10.9 Å². The van der Waals surface area contributed by atoms with E-state index in [1.54, 1.807) is 11.8 Å². The van der Waals surface area contributed by atoms with E-state index in [4.69, 9.17) is 21.1 Å². The van der Waals surface area contributed by atoms with Crippen molar-refractivity contribution in [2.45, 2.75) is 32.2 Å². The largest absolute Gasteiger partial charge is 0.493 e. The minimum atomic E-state index is -0.718. The van der Waals surface area contributed by atoms with E-state index in [-0.39, 0.29) is 32.0 Å². The Hall–Kier alpha value is -2.74. The molecule has 0 bridgehead atoms. The van der Waals surface area contributed by atoms with Gasteiger partial charge in [0.2, 0.25) is 0 Å². The minimum Gasteiger partial charge on any atom is -0.493 e. The summed E-state index contributed by atoms with van der Waals surface area (Å²) in [7, 11) is 0. The van der Waals surface area contributed by atoms with Crippen LogP contribution in [0.3, 0.4) is 0 Å². The van der Waals surface area contributed by atoms with Crippen LogP contribution in [0.1, 0.15) is 42.6 Å². The first-order valence-corrected chi connectivity index (χ1v) is 12.5. The van der Waals surface area contributed by atoms with Crippen LogP contribution in [0, 0.1) is 11.3 Å². The van der Waals surface area contributed by atoms with Gasteiger partial charge in [0.1, 0.15) is 11.8 Å². The standard InChI is InChI=1S/C27H31ClN2O5/c1-27(14-31,15-32)16-35-20-7-4-18(5-8-20)25-24-21(22-12-19(28)6-9-23(22)29-24)10-11-30(25)26(33)34-13-17-2-3-17/h4-9,12,17,25,29,31-32H,2-3,10-11,13-16H2,1H3/t25-/m0/s1. The van der Waals surface area contributed by atoms with E-state index in [1.165, 1.54) is 5.56 Å². The van der Waals surface area contributed by atoms with Crippen LogP contribution in [0.2, 0.25) is 5.02 Å². The van der Waals surface area contributed by atoms with Crippen LogP contribution < -0.4 is 4.74 Å². The second-order valence-electron chi connectivity index (χ2n) is 10.1. The molecule has 0 radical (unpaired) electrons. The molecule has 2 heterocycles. The third-order valence-electron chi connectivity index (χ3n) is 7.01. The Labute approximate surface area is 209 Å². The lowest BCUT2D eigenvalue weighted by Crippen LogP contribution is -2.41. The smallest absolute Gasteiger partial charge is 0.410 e. The third-order valence-corrected chi connectivity index (χ3v) is 7.24. The van der Waals surface area contributed by atoms with Crippen LogP contribution in [-0.2, 0) is 11.2 Å². The summed E-state index contributed by atoms with van der Waals surface area (Å²) in [5.74, 6) is 1.12. The van der Waals surface area contributed by atoms with Gasteiger partial charge in [-0.15, -0.1) is 0 Å². The number of amides is 1. The van der Waals surface area contributed by atoms with Gasteiger partial charge < -0.3 is 24.7 Å². The zero-order valence-electron chi connectivity index (χ0n) is 19.8. The minimum absolute atomic E-state index is 0.172. The lowest BCUT2D eigenvalue weighted by atomic mass is 9.92. The van der Waals surface area contributed by atoms with Gasteiger partial charge in [-0.25, -0.2) is 4.79 Å². The SMILES string of the molecule is CC(CO)(CO)COc1ccc([C@H]2c3[nH]c4ccc(Cl)cc4c3CCN2C(=O)OCC2CC2)cc1. The van der Waals surface area contributed by atoms with Gasteiger partial charge >= 0.3 is 6.09 Å². The summed E-state index contributed by atoms with van der Waals surface area (Å²) >= 11 is 6.28. The maximum absolute atomic E-state index is 13.1. The van der Waals surface area contributed by atoms with Gasteiger partial charge in [0.15, 0.2) is 0 Å². The molecular weight excluding hydrogens is 468 g/mol. The molecule has 1 saturated carbocycles. The van der Waals surface area contributed by atoms with Gasteiger partial charge in [-0.3, -0.25) is 4.90 Å². The fraction of sp³-hybridized carbons (Fsp3) is 0.444. The predicted molar refractivity (Wildman–Crippen MR) is 134 cm³/mol. The van der Waals surface area contributed by atoms with Gasteiger partial charge in [0.25, 0.3) is 0 Å². The molecule has 1 atom stereocenters. The molecule has 186 valence electrons. The molecule has 3 N–H and O–H groups in total. The summed E-state index contributed by atoms with van der Waals surface area (Å²) in [4.78, 5) is 18.5. The second-order valence-corrected chi connectivity index (χ2v) is 10.5. The number of aromatic nitrogens is 1. The average molecular weight is 499 g/mol. The van der Waals surface area contributed by atoms with Crippen molar-refractivity contribution < 1.29 is 24.5 Å². The number of ether oxygens (including phenoxy) is 2. The zero-order chi connectivity index (χ0) is 24.6. The molecule has 1 aromatic heterocycles. The summed E-state index contributed by atoms with van der Waals surface area (Å²) in [6.07, 6.45) is 2.66. The molecule has 7 nitrogen and oxygen atoms in total. The number of carbonyl (C=O) groups is 1. The molecule has 1 fully saturated rings. The van der Waals surface area contributed by atoms with E-state index < -0.39 is 5.41 Å². The van der Waals surface area contributed by atoms with Crippen molar-refractivity contribution in [3.8, 4) is 5.75 Å². The van der Waals surface area contributed by atoms with Gasteiger partial charge in [0.05, 0.1) is 26.4 Å². The number of halogens is 1. The topological polar surface area (TPSA) is 95.0 Å². The van der Waals surface area contributed by atoms with Crippen molar-refractivity contribution in [1.82, 2.24) is 9.88 Å². The Kier molecular flexibility index (Phi) is 6.66. The Morgan fingerprint density at radius 3 is 2.60 bits per heavy atom. The number of carbonyl (C=O) groups excluding carboxylic acids is 1. The van der Waals surface area contributed by atoms with Crippen molar-refractivity contribution >= 4 is 28.6 Å². The highest BCUT2D eigenvalue weighted by Crippen LogP contribution is 2.40. The number of nitrogens with one attached hydrogen (secondary N) is 1. The Bertz CT molecular complexity index is 1200. The highest BCUT2D eigenvalue weighted by Gasteiger charge is 2.36. The van der Waals surface area contributed by atoms with Gasteiger partial charge in [-0.2, -0.15) is 0 Å². The molecule has 0 unspecified atom stereocenters. The number of H-pyrrole nitrogens is 1. The molecule has 1 aliphatic carbocycles. The molecule has 35 heavy (non-hydrogen) atoms. The number of rotatable bonds is 8. The van der Waals surface area contributed by atoms with Crippen LogP contribution in [0.15, 0.2) is 42.5 Å². The monoisotopic (exact) mass is 498 g/mol. The predicted octanol–water partition coefficient (Wildman–Crippen LogP) is 4.69. The number of fused-ring (bicyclic) bond motifs is 3. The Morgan fingerprint density at radius 1 is 1.17 bits per heavy atom. The summed E-state index contributed by atoms with van der Waals surface area (Å²) in [6.45, 7) is 2.62. The van der Waals surface area contributed by atoms with E-state index in [0.717, 1.165) is 35.0 Å². The first kappa shape index (κ1) is 24.0. The van der Waals surface area contributed by atoms with Crippen LogP contribution >= 0.6 is 11.6 Å². The molecule has 0 spiro atoms. The van der Waals surface area contributed by atoms with Crippen LogP contribution in [0.5, 0.6) is 5.75 Å². The molecule has 5 rings (SSSR count).